The molecular formula is C9H15N3OS. The predicted octanol–water partition coefficient (Wildman–Crippen LogP) is -0.0572. The fourth-order valence-corrected chi connectivity index (χ4v) is 2.36. The van der Waals surface area contributed by atoms with Crippen molar-refractivity contribution < 1.29 is 0 Å². The van der Waals surface area contributed by atoms with Crippen LogP contribution in [0.4, 0.5) is 0 Å². The van der Waals surface area contributed by atoms with Crippen LogP contribution in [0.5, 0.6) is 0 Å². The Morgan fingerprint density at radius 1 is 1.57 bits per heavy atom. The maximum absolute atomic E-state index is 11.2. The van der Waals surface area contributed by atoms with E-state index in [9.17, 15) is 4.79 Å². The summed E-state index contributed by atoms with van der Waals surface area (Å²) in [5.41, 5.74) is 5.59. The van der Waals surface area contributed by atoms with E-state index >= 15 is 0 Å². The van der Waals surface area contributed by atoms with Crippen LogP contribution in [0.3, 0.4) is 0 Å². The van der Waals surface area contributed by atoms with E-state index in [1.807, 2.05) is 11.6 Å². The number of nitrogens with two attached hydrogens (primary N) is 1. The minimum Gasteiger partial charge on any atom is -0.329 e. The molecule has 4 nitrogen and oxygen atoms in total. The summed E-state index contributed by atoms with van der Waals surface area (Å²) in [7, 11) is 0. The van der Waals surface area contributed by atoms with Gasteiger partial charge in [-0.3, -0.25) is 9.69 Å². The second-order valence-corrected chi connectivity index (χ2v) is 4.43. The van der Waals surface area contributed by atoms with Crippen LogP contribution >= 0.6 is 11.3 Å². The summed E-state index contributed by atoms with van der Waals surface area (Å²) in [6, 6.07) is 0.546. The van der Waals surface area contributed by atoms with Gasteiger partial charge in [0.15, 0.2) is 0 Å². The first-order valence-corrected chi connectivity index (χ1v) is 5.77. The molecule has 2 N–H and O–H groups in total. The first-order chi connectivity index (χ1) is 6.81. The molecule has 2 heterocycles. The van der Waals surface area contributed by atoms with Gasteiger partial charge in [-0.25, -0.2) is 0 Å². The molecule has 1 aromatic rings. The Bertz CT molecular complexity index is 344. The highest BCUT2D eigenvalue weighted by molar-refractivity contribution is 7.07. The van der Waals surface area contributed by atoms with E-state index in [1.54, 1.807) is 4.57 Å². The van der Waals surface area contributed by atoms with Gasteiger partial charge >= 0.3 is 4.87 Å². The molecule has 1 aliphatic heterocycles. The van der Waals surface area contributed by atoms with Crippen LogP contribution in [0.1, 0.15) is 6.42 Å². The van der Waals surface area contributed by atoms with E-state index in [0.717, 1.165) is 26.2 Å². The van der Waals surface area contributed by atoms with Gasteiger partial charge in [-0.05, 0) is 6.42 Å². The highest BCUT2D eigenvalue weighted by Gasteiger charge is 2.25. The van der Waals surface area contributed by atoms with Crippen molar-refractivity contribution in [1.82, 2.24) is 9.47 Å². The molecule has 0 bridgehead atoms. The van der Waals surface area contributed by atoms with Crippen LogP contribution < -0.4 is 10.6 Å². The van der Waals surface area contributed by atoms with Gasteiger partial charge in [0.05, 0.1) is 0 Å². The Kier molecular flexibility index (Phi) is 3.00. The molecule has 1 aliphatic rings. The Labute approximate surface area is 86.9 Å². The second-order valence-electron chi connectivity index (χ2n) is 3.58. The zero-order valence-corrected chi connectivity index (χ0v) is 8.87. The molecule has 2 rings (SSSR count). The van der Waals surface area contributed by atoms with Crippen molar-refractivity contribution in [2.24, 2.45) is 5.73 Å². The van der Waals surface area contributed by atoms with Crippen molar-refractivity contribution in [2.75, 3.05) is 19.6 Å². The Balaban J connectivity index is 1.83. The molecule has 0 aromatic carbocycles. The number of thiazole rings is 1. The third-order valence-corrected chi connectivity index (χ3v) is 3.50. The normalized spacial score (nSPS) is 22.2. The summed E-state index contributed by atoms with van der Waals surface area (Å²) >= 11 is 1.25. The third kappa shape index (κ3) is 1.89. The number of rotatable bonds is 4. The number of hydrogen-bond donors (Lipinski definition) is 1. The number of hydrogen-bond acceptors (Lipinski definition) is 4. The predicted molar refractivity (Wildman–Crippen MR) is 57.6 cm³/mol. The highest BCUT2D eigenvalue weighted by Crippen LogP contribution is 2.15. The fourth-order valence-electron chi connectivity index (χ4n) is 1.75. The standard InChI is InChI=1S/C9H15N3OS/c10-7-8-1-2-11(8)3-4-12-5-6-14-9(12)13/h5-6,8H,1-4,7,10H2. The van der Waals surface area contributed by atoms with E-state index in [-0.39, 0.29) is 4.87 Å². The topological polar surface area (TPSA) is 51.3 Å². The van der Waals surface area contributed by atoms with Crippen LogP contribution in [0, 0.1) is 0 Å². The van der Waals surface area contributed by atoms with E-state index in [1.165, 1.54) is 17.8 Å². The van der Waals surface area contributed by atoms with Gasteiger partial charge < -0.3 is 10.3 Å². The average molecular weight is 213 g/mol. The molecule has 0 amide bonds. The maximum atomic E-state index is 11.2. The van der Waals surface area contributed by atoms with Gasteiger partial charge in [0.25, 0.3) is 0 Å². The molecule has 1 saturated heterocycles. The number of aromatic nitrogens is 1. The van der Waals surface area contributed by atoms with E-state index in [2.05, 4.69) is 4.90 Å². The maximum Gasteiger partial charge on any atom is 0.307 e. The lowest BCUT2D eigenvalue weighted by Gasteiger charge is -2.40. The average Bonchev–Trinajstić information content (AvgIpc) is 2.51. The first kappa shape index (κ1) is 9.89. The quantitative estimate of drug-likeness (QED) is 0.762. The summed E-state index contributed by atoms with van der Waals surface area (Å²) < 4.78 is 1.76. The Morgan fingerprint density at radius 3 is 2.93 bits per heavy atom. The Hall–Kier alpha value is -0.650. The van der Waals surface area contributed by atoms with Gasteiger partial charge in [0.2, 0.25) is 0 Å². The zero-order chi connectivity index (χ0) is 9.97. The lowest BCUT2D eigenvalue weighted by molar-refractivity contribution is 0.0922. The van der Waals surface area contributed by atoms with Crippen molar-refractivity contribution in [3.63, 3.8) is 0 Å². The van der Waals surface area contributed by atoms with Crippen LogP contribution in [0.25, 0.3) is 0 Å². The Morgan fingerprint density at radius 2 is 2.43 bits per heavy atom. The summed E-state index contributed by atoms with van der Waals surface area (Å²) in [4.78, 5) is 13.7. The zero-order valence-electron chi connectivity index (χ0n) is 8.06. The minimum absolute atomic E-state index is 0.134. The van der Waals surface area contributed by atoms with E-state index < -0.39 is 0 Å². The van der Waals surface area contributed by atoms with Crippen LogP contribution in [-0.2, 0) is 6.54 Å². The van der Waals surface area contributed by atoms with Crippen molar-refractivity contribution in [3.8, 4) is 0 Å². The van der Waals surface area contributed by atoms with Crippen molar-refractivity contribution in [2.45, 2.75) is 19.0 Å². The molecule has 1 unspecified atom stereocenters. The summed E-state index contributed by atoms with van der Waals surface area (Å²) in [5.74, 6) is 0. The summed E-state index contributed by atoms with van der Waals surface area (Å²) in [6.07, 6.45) is 3.05. The number of nitrogens with zero attached hydrogens (tertiary/aromatic N) is 2. The minimum atomic E-state index is 0.134. The smallest absolute Gasteiger partial charge is 0.307 e. The molecule has 0 saturated carbocycles. The molecule has 0 radical (unpaired) electrons. The van der Waals surface area contributed by atoms with Gasteiger partial charge in [0.1, 0.15) is 0 Å². The monoisotopic (exact) mass is 213 g/mol. The lowest BCUT2D eigenvalue weighted by atomic mass is 10.0. The summed E-state index contributed by atoms with van der Waals surface area (Å²) in [5, 5.41) is 1.83. The highest BCUT2D eigenvalue weighted by atomic mass is 32.1. The first-order valence-electron chi connectivity index (χ1n) is 4.89. The largest absolute Gasteiger partial charge is 0.329 e. The fraction of sp³-hybridized carbons (Fsp3) is 0.667. The molecule has 0 spiro atoms. The van der Waals surface area contributed by atoms with Crippen LogP contribution in [0.15, 0.2) is 16.4 Å². The van der Waals surface area contributed by atoms with Gasteiger partial charge in [0, 0.05) is 43.8 Å². The number of likely N-dealkylation sites (tertiary alicyclic amines) is 1. The van der Waals surface area contributed by atoms with Crippen molar-refractivity contribution in [3.05, 3.63) is 21.2 Å². The lowest BCUT2D eigenvalue weighted by Crippen LogP contribution is -2.52. The molecule has 1 aromatic heterocycles. The molecule has 1 atom stereocenters. The summed E-state index contributed by atoms with van der Waals surface area (Å²) in [6.45, 7) is 3.59. The van der Waals surface area contributed by atoms with Crippen molar-refractivity contribution in [1.29, 1.82) is 0 Å². The van der Waals surface area contributed by atoms with Crippen LogP contribution in [-0.4, -0.2) is 35.1 Å². The van der Waals surface area contributed by atoms with E-state index in [4.69, 9.17) is 5.73 Å². The van der Waals surface area contributed by atoms with Gasteiger partial charge in [-0.1, -0.05) is 11.3 Å². The molecule has 5 heteroatoms. The molecular weight excluding hydrogens is 198 g/mol. The third-order valence-electron chi connectivity index (χ3n) is 2.81. The van der Waals surface area contributed by atoms with Gasteiger partial charge in [-0.15, -0.1) is 0 Å². The van der Waals surface area contributed by atoms with Crippen LogP contribution in [0.2, 0.25) is 0 Å². The van der Waals surface area contributed by atoms with Gasteiger partial charge in [-0.2, -0.15) is 0 Å². The van der Waals surface area contributed by atoms with Crippen molar-refractivity contribution >= 4 is 11.3 Å². The molecule has 1 fully saturated rings. The molecule has 78 valence electrons. The SMILES string of the molecule is NCC1CCN1CCn1ccsc1=O. The molecule has 0 aliphatic carbocycles. The molecule has 14 heavy (non-hydrogen) atoms. The van der Waals surface area contributed by atoms with E-state index in [0.29, 0.717) is 6.04 Å². The second kappa shape index (κ2) is 4.25.